The predicted molar refractivity (Wildman–Crippen MR) is 40.8 cm³/mol. The number of imidazole rings is 1. The van der Waals surface area contributed by atoms with E-state index in [9.17, 15) is 9.59 Å². The van der Waals surface area contributed by atoms with E-state index in [4.69, 9.17) is 5.11 Å². The van der Waals surface area contributed by atoms with Crippen molar-refractivity contribution >= 4 is 5.91 Å². The molecule has 0 atom stereocenters. The molecule has 0 bridgehead atoms. The number of carbonyl (C=O) groups is 1. The Morgan fingerprint density at radius 2 is 2.42 bits per heavy atom. The second-order valence-corrected chi connectivity index (χ2v) is 2.14. The maximum atomic E-state index is 11.0. The maximum absolute atomic E-state index is 11.0. The molecule has 0 aromatic carbocycles. The Kier molecular flexibility index (Phi) is 2.65. The molecule has 6 nitrogen and oxygen atoms in total. The molecule has 66 valence electrons. The second-order valence-electron chi connectivity index (χ2n) is 2.14. The summed E-state index contributed by atoms with van der Waals surface area (Å²) in [4.78, 5) is 26.1. The van der Waals surface area contributed by atoms with E-state index in [1.54, 1.807) is 0 Å². The number of hydrogen-bond donors (Lipinski definition) is 4. The highest BCUT2D eigenvalue weighted by molar-refractivity contribution is 5.91. The summed E-state index contributed by atoms with van der Waals surface area (Å²) in [6, 6.07) is 0. The molecular weight excluding hydrogens is 162 g/mol. The molecule has 0 radical (unpaired) electrons. The molecule has 1 amide bonds. The third-order valence-corrected chi connectivity index (χ3v) is 1.24. The molecule has 0 aliphatic heterocycles. The van der Waals surface area contributed by atoms with Crippen LogP contribution in [0.3, 0.4) is 0 Å². The quantitative estimate of drug-likeness (QED) is 0.442. The smallest absolute Gasteiger partial charge is 0.323 e. The van der Waals surface area contributed by atoms with E-state index in [0.717, 1.165) is 0 Å². The zero-order chi connectivity index (χ0) is 8.97. The number of H-pyrrole nitrogens is 2. The summed E-state index contributed by atoms with van der Waals surface area (Å²) in [6.45, 7) is 0.0481. The minimum Gasteiger partial charge on any atom is -0.395 e. The third-order valence-electron chi connectivity index (χ3n) is 1.24. The standard InChI is InChI=1S/C6H9N3O3/c10-2-1-7-5(11)4-3-8-6(12)9-4/h3,10H,1-2H2,(H,7,11)(H2,8,9,12). The summed E-state index contributed by atoms with van der Waals surface area (Å²) < 4.78 is 0. The molecule has 0 aliphatic carbocycles. The Hall–Kier alpha value is -1.56. The minimum atomic E-state index is -0.427. The van der Waals surface area contributed by atoms with Gasteiger partial charge in [-0.15, -0.1) is 0 Å². The van der Waals surface area contributed by atoms with Gasteiger partial charge in [-0.25, -0.2) is 4.79 Å². The number of aliphatic hydroxyl groups excluding tert-OH is 1. The van der Waals surface area contributed by atoms with Gasteiger partial charge >= 0.3 is 5.69 Å². The van der Waals surface area contributed by atoms with Crippen LogP contribution >= 0.6 is 0 Å². The Balaban J connectivity index is 2.59. The van der Waals surface area contributed by atoms with Gasteiger partial charge in [-0.05, 0) is 0 Å². The first kappa shape index (κ1) is 8.54. The summed E-state index contributed by atoms with van der Waals surface area (Å²) in [5.41, 5.74) is -0.266. The summed E-state index contributed by atoms with van der Waals surface area (Å²) in [7, 11) is 0. The molecule has 1 aromatic heterocycles. The van der Waals surface area contributed by atoms with Gasteiger partial charge in [0.2, 0.25) is 0 Å². The van der Waals surface area contributed by atoms with Crippen LogP contribution in [0.2, 0.25) is 0 Å². The fourth-order valence-electron chi connectivity index (χ4n) is 0.719. The molecule has 0 saturated carbocycles. The van der Waals surface area contributed by atoms with E-state index in [1.165, 1.54) is 6.20 Å². The van der Waals surface area contributed by atoms with E-state index < -0.39 is 11.6 Å². The van der Waals surface area contributed by atoms with Gasteiger partial charge in [-0.2, -0.15) is 0 Å². The van der Waals surface area contributed by atoms with Gasteiger partial charge in [0.25, 0.3) is 5.91 Å². The number of hydrogen-bond acceptors (Lipinski definition) is 3. The summed E-state index contributed by atoms with van der Waals surface area (Å²) in [5, 5.41) is 10.8. The van der Waals surface area contributed by atoms with Crippen LogP contribution in [-0.2, 0) is 0 Å². The molecule has 6 heteroatoms. The van der Waals surface area contributed by atoms with Gasteiger partial charge in [0, 0.05) is 12.7 Å². The van der Waals surface area contributed by atoms with Crippen molar-refractivity contribution in [3.63, 3.8) is 0 Å². The highest BCUT2D eigenvalue weighted by Gasteiger charge is 2.05. The topological polar surface area (TPSA) is 98.0 Å². The molecular formula is C6H9N3O3. The maximum Gasteiger partial charge on any atom is 0.323 e. The number of amides is 1. The van der Waals surface area contributed by atoms with Crippen LogP contribution in [0.1, 0.15) is 10.5 Å². The van der Waals surface area contributed by atoms with Gasteiger partial charge < -0.3 is 20.4 Å². The van der Waals surface area contributed by atoms with Crippen molar-refractivity contribution in [3.8, 4) is 0 Å². The number of aliphatic hydroxyl groups is 1. The Labute approximate surface area is 67.6 Å². The Morgan fingerprint density at radius 1 is 1.67 bits per heavy atom. The average molecular weight is 171 g/mol. The zero-order valence-electron chi connectivity index (χ0n) is 6.26. The van der Waals surface area contributed by atoms with Gasteiger partial charge in [0.15, 0.2) is 0 Å². The molecule has 1 aromatic rings. The van der Waals surface area contributed by atoms with Crippen LogP contribution in [0, 0.1) is 0 Å². The normalized spacial score (nSPS) is 9.75. The summed E-state index contributed by atoms with van der Waals surface area (Å²) >= 11 is 0. The molecule has 12 heavy (non-hydrogen) atoms. The number of carbonyl (C=O) groups excluding carboxylic acids is 1. The van der Waals surface area contributed by atoms with Crippen molar-refractivity contribution in [2.75, 3.05) is 13.2 Å². The first-order chi connectivity index (χ1) is 5.74. The zero-order valence-corrected chi connectivity index (χ0v) is 6.26. The first-order valence-corrected chi connectivity index (χ1v) is 3.41. The van der Waals surface area contributed by atoms with Gasteiger partial charge in [-0.1, -0.05) is 0 Å². The monoisotopic (exact) mass is 171 g/mol. The first-order valence-electron chi connectivity index (χ1n) is 3.41. The van der Waals surface area contributed by atoms with Gasteiger partial charge in [-0.3, -0.25) is 4.79 Å². The lowest BCUT2D eigenvalue weighted by atomic mass is 10.4. The molecule has 0 fully saturated rings. The van der Waals surface area contributed by atoms with Crippen molar-refractivity contribution in [1.29, 1.82) is 0 Å². The number of aromatic nitrogens is 2. The van der Waals surface area contributed by atoms with E-state index >= 15 is 0 Å². The molecule has 0 spiro atoms. The molecule has 1 rings (SSSR count). The highest BCUT2D eigenvalue weighted by Crippen LogP contribution is 1.85. The van der Waals surface area contributed by atoms with Crippen LogP contribution in [-0.4, -0.2) is 34.1 Å². The Morgan fingerprint density at radius 3 is 2.92 bits per heavy atom. The summed E-state index contributed by atoms with van der Waals surface area (Å²) in [5.74, 6) is -0.414. The van der Waals surface area contributed by atoms with Crippen molar-refractivity contribution < 1.29 is 9.90 Å². The van der Waals surface area contributed by atoms with Crippen molar-refractivity contribution in [2.45, 2.75) is 0 Å². The van der Waals surface area contributed by atoms with E-state index in [2.05, 4.69) is 15.3 Å². The third kappa shape index (κ3) is 1.96. The average Bonchev–Trinajstić information content (AvgIpc) is 2.47. The Bertz CT molecular complexity index is 314. The molecule has 4 N–H and O–H groups in total. The number of aromatic amines is 2. The number of rotatable bonds is 3. The fourth-order valence-corrected chi connectivity index (χ4v) is 0.719. The number of nitrogens with one attached hydrogen (secondary N) is 3. The second kappa shape index (κ2) is 3.72. The van der Waals surface area contributed by atoms with Crippen LogP contribution in [0.15, 0.2) is 11.0 Å². The predicted octanol–water partition coefficient (Wildman–Crippen LogP) is -1.57. The van der Waals surface area contributed by atoms with Crippen LogP contribution in [0.25, 0.3) is 0 Å². The molecule has 0 unspecified atom stereocenters. The largest absolute Gasteiger partial charge is 0.395 e. The summed E-state index contributed by atoms with van der Waals surface area (Å²) in [6.07, 6.45) is 1.27. The van der Waals surface area contributed by atoms with Crippen LogP contribution < -0.4 is 11.0 Å². The molecule has 1 heterocycles. The lowest BCUT2D eigenvalue weighted by molar-refractivity contribution is 0.0940. The van der Waals surface area contributed by atoms with Crippen LogP contribution in [0.4, 0.5) is 0 Å². The SMILES string of the molecule is O=C(NCCO)c1c[nH]c(=O)[nH]1. The lowest BCUT2D eigenvalue weighted by Crippen LogP contribution is -2.27. The molecule has 0 saturated heterocycles. The van der Waals surface area contributed by atoms with E-state index in [0.29, 0.717) is 0 Å². The van der Waals surface area contributed by atoms with E-state index in [1.807, 2.05) is 0 Å². The van der Waals surface area contributed by atoms with Crippen molar-refractivity contribution in [2.24, 2.45) is 0 Å². The van der Waals surface area contributed by atoms with Crippen molar-refractivity contribution in [3.05, 3.63) is 22.4 Å². The van der Waals surface area contributed by atoms with Crippen LogP contribution in [0.5, 0.6) is 0 Å². The van der Waals surface area contributed by atoms with Crippen molar-refractivity contribution in [1.82, 2.24) is 15.3 Å². The van der Waals surface area contributed by atoms with E-state index in [-0.39, 0.29) is 18.8 Å². The highest BCUT2D eigenvalue weighted by atomic mass is 16.3. The van der Waals surface area contributed by atoms with Gasteiger partial charge in [0.1, 0.15) is 5.69 Å². The lowest BCUT2D eigenvalue weighted by Gasteiger charge is -1.98. The molecule has 0 aliphatic rings. The fraction of sp³-hybridized carbons (Fsp3) is 0.333. The van der Waals surface area contributed by atoms with Gasteiger partial charge in [0.05, 0.1) is 6.61 Å². The minimum absolute atomic E-state index is 0.125.